The summed E-state index contributed by atoms with van der Waals surface area (Å²) in [6.07, 6.45) is 1.76. The highest BCUT2D eigenvalue weighted by atomic mass is 19.1. The lowest BCUT2D eigenvalue weighted by atomic mass is 10.0. The Balaban J connectivity index is 2.48. The first-order valence-electron chi connectivity index (χ1n) is 6.69. The summed E-state index contributed by atoms with van der Waals surface area (Å²) in [6.45, 7) is 7.39. The Bertz CT molecular complexity index is 548. The van der Waals surface area contributed by atoms with Crippen LogP contribution in [0.2, 0.25) is 0 Å². The molecule has 0 radical (unpaired) electrons. The lowest BCUT2D eigenvalue weighted by molar-refractivity contribution is 0.513. The van der Waals surface area contributed by atoms with Crippen LogP contribution in [0.15, 0.2) is 30.5 Å². The van der Waals surface area contributed by atoms with Crippen LogP contribution in [0.25, 0.3) is 0 Å². The van der Waals surface area contributed by atoms with E-state index in [1.807, 2.05) is 36.7 Å². The summed E-state index contributed by atoms with van der Waals surface area (Å²) in [4.78, 5) is 0. The highest BCUT2D eigenvalue weighted by molar-refractivity contribution is 5.32. The highest BCUT2D eigenvalue weighted by Gasteiger charge is 2.20. The Kier molecular flexibility index (Phi) is 4.32. The SMILES string of the molecule is CCNC(c1cccc(C)c1F)c1ccnn1CC. The third kappa shape index (κ3) is 2.68. The molecule has 102 valence electrons. The van der Waals surface area contributed by atoms with Crippen molar-refractivity contribution in [1.29, 1.82) is 0 Å². The van der Waals surface area contributed by atoms with Crippen LogP contribution in [0.5, 0.6) is 0 Å². The Morgan fingerprint density at radius 2 is 2.11 bits per heavy atom. The first-order chi connectivity index (χ1) is 9.19. The molecule has 0 aliphatic carbocycles. The standard InChI is InChI=1S/C15H20FN3/c1-4-17-15(13-9-10-18-19(13)5-2)12-8-6-7-11(3)14(12)16/h6-10,15,17H,4-5H2,1-3H3. The molecule has 1 aromatic heterocycles. The fourth-order valence-corrected chi connectivity index (χ4v) is 2.32. The molecule has 1 atom stereocenters. The van der Waals surface area contributed by atoms with Gasteiger partial charge in [-0.3, -0.25) is 4.68 Å². The number of halogens is 1. The predicted molar refractivity (Wildman–Crippen MR) is 74.6 cm³/mol. The number of hydrogen-bond acceptors (Lipinski definition) is 2. The predicted octanol–water partition coefficient (Wildman–Crippen LogP) is 3.05. The van der Waals surface area contributed by atoms with Crippen molar-refractivity contribution in [1.82, 2.24) is 15.1 Å². The van der Waals surface area contributed by atoms with E-state index >= 15 is 0 Å². The topological polar surface area (TPSA) is 29.9 Å². The molecule has 0 bridgehead atoms. The summed E-state index contributed by atoms with van der Waals surface area (Å²) in [5, 5.41) is 7.61. The Morgan fingerprint density at radius 1 is 1.32 bits per heavy atom. The second kappa shape index (κ2) is 5.97. The molecule has 0 aliphatic rings. The molecular formula is C15H20FN3. The number of aromatic nitrogens is 2. The Morgan fingerprint density at radius 3 is 2.79 bits per heavy atom. The zero-order valence-corrected chi connectivity index (χ0v) is 11.7. The molecule has 1 unspecified atom stereocenters. The van der Waals surface area contributed by atoms with Crippen LogP contribution >= 0.6 is 0 Å². The third-order valence-corrected chi connectivity index (χ3v) is 3.29. The zero-order chi connectivity index (χ0) is 13.8. The van der Waals surface area contributed by atoms with Gasteiger partial charge in [0.25, 0.3) is 0 Å². The van der Waals surface area contributed by atoms with Gasteiger partial charge in [0.05, 0.1) is 11.7 Å². The molecule has 1 heterocycles. The quantitative estimate of drug-likeness (QED) is 0.896. The maximum atomic E-state index is 14.3. The van der Waals surface area contributed by atoms with E-state index < -0.39 is 0 Å². The highest BCUT2D eigenvalue weighted by Crippen LogP contribution is 2.25. The summed E-state index contributed by atoms with van der Waals surface area (Å²) in [7, 11) is 0. The molecule has 1 aromatic carbocycles. The minimum absolute atomic E-state index is 0.141. The van der Waals surface area contributed by atoms with Crippen LogP contribution in [0.3, 0.4) is 0 Å². The van der Waals surface area contributed by atoms with Crippen molar-refractivity contribution in [3.8, 4) is 0 Å². The van der Waals surface area contributed by atoms with E-state index in [9.17, 15) is 4.39 Å². The van der Waals surface area contributed by atoms with Crippen molar-refractivity contribution in [3.05, 3.63) is 53.1 Å². The molecule has 4 heteroatoms. The smallest absolute Gasteiger partial charge is 0.131 e. The van der Waals surface area contributed by atoms with Crippen LogP contribution in [0.1, 0.15) is 36.7 Å². The average Bonchev–Trinajstić information content (AvgIpc) is 2.88. The molecule has 0 spiro atoms. The van der Waals surface area contributed by atoms with Gasteiger partial charge in [0.2, 0.25) is 0 Å². The van der Waals surface area contributed by atoms with Crippen LogP contribution in [0.4, 0.5) is 4.39 Å². The van der Waals surface area contributed by atoms with Gasteiger partial charge in [0.15, 0.2) is 0 Å². The van der Waals surface area contributed by atoms with E-state index in [4.69, 9.17) is 0 Å². The Hall–Kier alpha value is -1.68. The van der Waals surface area contributed by atoms with Crippen molar-refractivity contribution in [3.63, 3.8) is 0 Å². The van der Waals surface area contributed by atoms with Gasteiger partial charge in [0, 0.05) is 18.3 Å². The molecule has 3 nitrogen and oxygen atoms in total. The van der Waals surface area contributed by atoms with E-state index in [1.165, 1.54) is 0 Å². The third-order valence-electron chi connectivity index (χ3n) is 3.29. The van der Waals surface area contributed by atoms with E-state index in [0.29, 0.717) is 11.1 Å². The van der Waals surface area contributed by atoms with Gasteiger partial charge in [-0.15, -0.1) is 0 Å². The second-order valence-electron chi connectivity index (χ2n) is 4.54. The molecule has 0 aliphatic heterocycles. The fraction of sp³-hybridized carbons (Fsp3) is 0.400. The van der Waals surface area contributed by atoms with Crippen LogP contribution in [-0.2, 0) is 6.54 Å². The van der Waals surface area contributed by atoms with Gasteiger partial charge in [0.1, 0.15) is 5.82 Å². The van der Waals surface area contributed by atoms with Gasteiger partial charge >= 0.3 is 0 Å². The number of rotatable bonds is 5. The summed E-state index contributed by atoms with van der Waals surface area (Å²) >= 11 is 0. The first-order valence-corrected chi connectivity index (χ1v) is 6.69. The van der Waals surface area contributed by atoms with Gasteiger partial charge in [-0.25, -0.2) is 4.39 Å². The first kappa shape index (κ1) is 13.7. The number of nitrogens with zero attached hydrogens (tertiary/aromatic N) is 2. The van der Waals surface area contributed by atoms with Crippen molar-refractivity contribution in [2.45, 2.75) is 33.4 Å². The number of benzene rings is 1. The molecule has 0 saturated heterocycles. The van der Waals surface area contributed by atoms with Gasteiger partial charge in [-0.1, -0.05) is 25.1 Å². The zero-order valence-electron chi connectivity index (χ0n) is 11.7. The molecule has 0 fully saturated rings. The lowest BCUT2D eigenvalue weighted by Gasteiger charge is -2.20. The van der Waals surface area contributed by atoms with Crippen molar-refractivity contribution < 1.29 is 4.39 Å². The molecule has 0 saturated carbocycles. The average molecular weight is 261 g/mol. The summed E-state index contributed by atoms with van der Waals surface area (Å²) < 4.78 is 16.2. The van der Waals surface area contributed by atoms with E-state index in [1.54, 1.807) is 19.2 Å². The summed E-state index contributed by atoms with van der Waals surface area (Å²) in [5.74, 6) is -0.141. The Labute approximate surface area is 113 Å². The molecule has 0 amide bonds. The van der Waals surface area contributed by atoms with Gasteiger partial charge in [-0.2, -0.15) is 5.10 Å². The normalized spacial score (nSPS) is 12.6. The van der Waals surface area contributed by atoms with Gasteiger partial charge in [-0.05, 0) is 32.0 Å². The lowest BCUT2D eigenvalue weighted by Crippen LogP contribution is -2.25. The molecule has 1 N–H and O–H groups in total. The monoisotopic (exact) mass is 261 g/mol. The van der Waals surface area contributed by atoms with E-state index in [2.05, 4.69) is 10.4 Å². The molecule has 19 heavy (non-hydrogen) atoms. The summed E-state index contributed by atoms with van der Waals surface area (Å²) in [5.41, 5.74) is 2.34. The van der Waals surface area contributed by atoms with Crippen molar-refractivity contribution in [2.75, 3.05) is 6.54 Å². The van der Waals surface area contributed by atoms with E-state index in [-0.39, 0.29) is 11.9 Å². The van der Waals surface area contributed by atoms with E-state index in [0.717, 1.165) is 18.8 Å². The minimum atomic E-state index is -0.160. The number of nitrogens with one attached hydrogen (secondary N) is 1. The molecular weight excluding hydrogens is 241 g/mol. The van der Waals surface area contributed by atoms with Crippen LogP contribution < -0.4 is 5.32 Å². The maximum Gasteiger partial charge on any atom is 0.131 e. The van der Waals surface area contributed by atoms with Gasteiger partial charge < -0.3 is 5.32 Å². The summed E-state index contributed by atoms with van der Waals surface area (Å²) in [6, 6.07) is 7.30. The van der Waals surface area contributed by atoms with Crippen molar-refractivity contribution >= 4 is 0 Å². The van der Waals surface area contributed by atoms with Crippen LogP contribution in [-0.4, -0.2) is 16.3 Å². The van der Waals surface area contributed by atoms with Crippen molar-refractivity contribution in [2.24, 2.45) is 0 Å². The molecule has 2 rings (SSSR count). The minimum Gasteiger partial charge on any atom is -0.305 e. The maximum absolute atomic E-state index is 14.3. The number of hydrogen-bond donors (Lipinski definition) is 1. The number of aryl methyl sites for hydroxylation is 2. The molecule has 2 aromatic rings. The largest absolute Gasteiger partial charge is 0.305 e. The van der Waals surface area contributed by atoms with Crippen LogP contribution in [0, 0.1) is 12.7 Å². The second-order valence-corrected chi connectivity index (χ2v) is 4.54. The fourth-order valence-electron chi connectivity index (χ4n) is 2.32.